The minimum absolute atomic E-state index is 0.130. The summed E-state index contributed by atoms with van der Waals surface area (Å²) < 4.78 is 11.6. The molecule has 0 bridgehead atoms. The number of halogens is 2. The highest BCUT2D eigenvalue weighted by molar-refractivity contribution is 7.22. The van der Waals surface area contributed by atoms with Crippen LogP contribution < -0.4 is 19.7 Å². The van der Waals surface area contributed by atoms with Gasteiger partial charge in [0.05, 0.1) is 47.1 Å². The minimum Gasteiger partial charge on any atom is -0.493 e. The molecule has 5 aromatic rings. The van der Waals surface area contributed by atoms with E-state index in [1.165, 1.54) is 36.5 Å². The van der Waals surface area contributed by atoms with Crippen molar-refractivity contribution >= 4 is 73.1 Å². The standard InChI is InChI=1S/C30H23Cl2N3O4S/c1-38-25-13-10-21(17-26(25)39-2)35(29(37)22-11-8-19(31)15-23(22)32)30-34-24-12-9-20(16-27(24)40-30)33-28(36)14-18-6-4-3-5-7-18/h3-13,15-17H,14H2,1-2H3,(H,33,36). The summed E-state index contributed by atoms with van der Waals surface area (Å²) in [5.74, 6) is 0.437. The third kappa shape index (κ3) is 5.89. The molecule has 0 fully saturated rings. The Kier molecular flexibility index (Phi) is 8.21. The Morgan fingerprint density at radius 1 is 0.900 bits per heavy atom. The second kappa shape index (κ2) is 12.0. The second-order valence-electron chi connectivity index (χ2n) is 8.69. The summed E-state index contributed by atoms with van der Waals surface area (Å²) in [6.07, 6.45) is 0.260. The molecule has 0 unspecified atom stereocenters. The molecule has 0 aliphatic carbocycles. The molecular formula is C30H23Cl2N3O4S. The summed E-state index contributed by atoms with van der Waals surface area (Å²) >= 11 is 13.8. The molecule has 1 N–H and O–H groups in total. The Labute approximate surface area is 244 Å². The molecule has 1 aromatic heterocycles. The summed E-state index contributed by atoms with van der Waals surface area (Å²) in [4.78, 5) is 32.7. The predicted octanol–water partition coefficient (Wildman–Crippen LogP) is 7.78. The molecule has 202 valence electrons. The Morgan fingerprint density at radius 3 is 2.40 bits per heavy atom. The first kappa shape index (κ1) is 27.5. The van der Waals surface area contributed by atoms with E-state index in [2.05, 4.69) is 5.32 Å². The van der Waals surface area contributed by atoms with Gasteiger partial charge in [0, 0.05) is 16.8 Å². The molecular weight excluding hydrogens is 569 g/mol. The van der Waals surface area contributed by atoms with Gasteiger partial charge in [0.1, 0.15) is 0 Å². The average Bonchev–Trinajstić information content (AvgIpc) is 3.36. The average molecular weight is 593 g/mol. The first-order valence-electron chi connectivity index (χ1n) is 12.1. The third-order valence-corrected chi connectivity index (χ3v) is 7.60. The zero-order valence-electron chi connectivity index (χ0n) is 21.5. The van der Waals surface area contributed by atoms with Crippen LogP contribution in [-0.2, 0) is 11.2 Å². The van der Waals surface area contributed by atoms with Gasteiger partial charge in [-0.1, -0.05) is 64.9 Å². The summed E-state index contributed by atoms with van der Waals surface area (Å²) in [6, 6.07) is 24.8. The van der Waals surface area contributed by atoms with Crippen LogP contribution in [0.1, 0.15) is 15.9 Å². The quantitative estimate of drug-likeness (QED) is 0.199. The van der Waals surface area contributed by atoms with E-state index in [1.807, 2.05) is 36.4 Å². The highest BCUT2D eigenvalue weighted by Gasteiger charge is 2.26. The van der Waals surface area contributed by atoms with Crippen molar-refractivity contribution in [3.8, 4) is 11.5 Å². The van der Waals surface area contributed by atoms with Crippen LogP contribution in [0.25, 0.3) is 10.2 Å². The van der Waals surface area contributed by atoms with Gasteiger partial charge in [-0.25, -0.2) is 4.98 Å². The van der Waals surface area contributed by atoms with Crippen LogP contribution in [-0.4, -0.2) is 31.0 Å². The van der Waals surface area contributed by atoms with Crippen LogP contribution in [0.5, 0.6) is 11.5 Å². The number of ether oxygens (including phenoxy) is 2. The van der Waals surface area contributed by atoms with Crippen molar-refractivity contribution in [3.63, 3.8) is 0 Å². The van der Waals surface area contributed by atoms with Gasteiger partial charge in [-0.05, 0) is 54.1 Å². The monoisotopic (exact) mass is 591 g/mol. The van der Waals surface area contributed by atoms with Gasteiger partial charge in [-0.3, -0.25) is 14.5 Å². The number of rotatable bonds is 8. The van der Waals surface area contributed by atoms with Crippen molar-refractivity contribution < 1.29 is 19.1 Å². The first-order chi connectivity index (χ1) is 19.4. The van der Waals surface area contributed by atoms with Crippen molar-refractivity contribution in [2.24, 2.45) is 0 Å². The van der Waals surface area contributed by atoms with E-state index in [1.54, 1.807) is 42.5 Å². The lowest BCUT2D eigenvalue weighted by Gasteiger charge is -2.22. The fourth-order valence-electron chi connectivity index (χ4n) is 4.13. The van der Waals surface area contributed by atoms with Gasteiger partial charge in [0.15, 0.2) is 16.6 Å². The molecule has 10 heteroatoms. The zero-order valence-corrected chi connectivity index (χ0v) is 23.8. The van der Waals surface area contributed by atoms with Gasteiger partial charge in [0.25, 0.3) is 5.91 Å². The normalized spacial score (nSPS) is 10.8. The van der Waals surface area contributed by atoms with Crippen molar-refractivity contribution in [2.75, 3.05) is 24.4 Å². The number of benzene rings is 4. The lowest BCUT2D eigenvalue weighted by atomic mass is 10.1. The Hall–Kier alpha value is -4.11. The van der Waals surface area contributed by atoms with E-state index in [0.717, 1.165) is 10.3 Å². The predicted molar refractivity (Wildman–Crippen MR) is 161 cm³/mol. The van der Waals surface area contributed by atoms with Crippen LogP contribution in [0, 0.1) is 0 Å². The topological polar surface area (TPSA) is 80.8 Å². The molecule has 2 amide bonds. The van der Waals surface area contributed by atoms with Gasteiger partial charge < -0.3 is 14.8 Å². The number of amides is 2. The minimum atomic E-state index is -0.399. The lowest BCUT2D eigenvalue weighted by molar-refractivity contribution is -0.115. The molecule has 5 rings (SSSR count). The van der Waals surface area contributed by atoms with E-state index in [0.29, 0.717) is 38.5 Å². The maximum absolute atomic E-state index is 13.9. The van der Waals surface area contributed by atoms with Gasteiger partial charge in [-0.2, -0.15) is 0 Å². The Bertz CT molecular complexity index is 1710. The molecule has 0 radical (unpaired) electrons. The molecule has 7 nitrogen and oxygen atoms in total. The second-order valence-corrected chi connectivity index (χ2v) is 10.5. The fraction of sp³-hybridized carbons (Fsp3) is 0.100. The Morgan fingerprint density at radius 2 is 1.68 bits per heavy atom. The van der Waals surface area contributed by atoms with Gasteiger partial charge in [-0.15, -0.1) is 0 Å². The number of hydrogen-bond donors (Lipinski definition) is 1. The van der Waals surface area contributed by atoms with Crippen LogP contribution in [0.4, 0.5) is 16.5 Å². The molecule has 0 spiro atoms. The number of carbonyl (C=O) groups is 2. The van der Waals surface area contributed by atoms with Crippen LogP contribution in [0.3, 0.4) is 0 Å². The largest absolute Gasteiger partial charge is 0.493 e. The molecule has 0 saturated heterocycles. The number of fused-ring (bicyclic) bond motifs is 1. The number of carbonyl (C=O) groups excluding carboxylic acids is 2. The summed E-state index contributed by atoms with van der Waals surface area (Å²) in [5.41, 5.74) is 2.99. The number of methoxy groups -OCH3 is 2. The molecule has 0 aliphatic rings. The highest BCUT2D eigenvalue weighted by atomic mass is 35.5. The van der Waals surface area contributed by atoms with E-state index < -0.39 is 5.91 Å². The Balaban J connectivity index is 1.52. The fourth-order valence-corrected chi connectivity index (χ4v) is 5.65. The van der Waals surface area contributed by atoms with Crippen molar-refractivity contribution in [2.45, 2.75) is 6.42 Å². The number of aromatic nitrogens is 1. The number of thiazole rings is 1. The zero-order chi connectivity index (χ0) is 28.2. The first-order valence-corrected chi connectivity index (χ1v) is 13.7. The van der Waals surface area contributed by atoms with Crippen LogP contribution in [0.15, 0.2) is 84.9 Å². The molecule has 0 aliphatic heterocycles. The van der Waals surface area contributed by atoms with Crippen molar-refractivity contribution in [1.29, 1.82) is 0 Å². The van der Waals surface area contributed by atoms with Crippen molar-refractivity contribution in [3.05, 3.63) is 106 Å². The van der Waals surface area contributed by atoms with E-state index in [9.17, 15) is 9.59 Å². The molecule has 4 aromatic carbocycles. The van der Waals surface area contributed by atoms with Gasteiger partial charge >= 0.3 is 0 Å². The van der Waals surface area contributed by atoms with E-state index in [-0.39, 0.29) is 22.9 Å². The summed E-state index contributed by atoms with van der Waals surface area (Å²) in [7, 11) is 3.06. The molecule has 0 atom stereocenters. The van der Waals surface area contributed by atoms with Crippen LogP contribution >= 0.6 is 34.5 Å². The summed E-state index contributed by atoms with van der Waals surface area (Å²) in [6.45, 7) is 0. The van der Waals surface area contributed by atoms with Crippen molar-refractivity contribution in [1.82, 2.24) is 4.98 Å². The van der Waals surface area contributed by atoms with E-state index in [4.69, 9.17) is 37.7 Å². The smallest absolute Gasteiger partial charge is 0.266 e. The SMILES string of the molecule is COc1ccc(N(C(=O)c2ccc(Cl)cc2Cl)c2nc3ccc(NC(=O)Cc4ccccc4)cc3s2)cc1OC. The number of nitrogens with one attached hydrogen (secondary N) is 1. The number of nitrogens with zero attached hydrogens (tertiary/aromatic N) is 2. The summed E-state index contributed by atoms with van der Waals surface area (Å²) in [5, 5.41) is 3.98. The van der Waals surface area contributed by atoms with Gasteiger partial charge in [0.2, 0.25) is 5.91 Å². The van der Waals surface area contributed by atoms with Crippen LogP contribution in [0.2, 0.25) is 10.0 Å². The molecule has 40 heavy (non-hydrogen) atoms. The number of anilines is 3. The maximum Gasteiger partial charge on any atom is 0.266 e. The lowest BCUT2D eigenvalue weighted by Crippen LogP contribution is -2.26. The third-order valence-electron chi connectivity index (χ3n) is 6.05. The maximum atomic E-state index is 13.9. The highest BCUT2D eigenvalue weighted by Crippen LogP contribution is 2.40. The molecule has 1 heterocycles. The molecule has 0 saturated carbocycles. The number of hydrogen-bond acceptors (Lipinski definition) is 6. The van der Waals surface area contributed by atoms with E-state index >= 15 is 0 Å².